The van der Waals surface area contributed by atoms with E-state index in [2.05, 4.69) is 20.6 Å². The smallest absolute Gasteiger partial charge is 0.271 e. The molecule has 0 radical (unpaired) electrons. The van der Waals surface area contributed by atoms with Crippen molar-refractivity contribution in [1.29, 1.82) is 0 Å². The topological polar surface area (TPSA) is 133 Å². The minimum absolute atomic E-state index is 0.0272. The largest absolute Gasteiger partial charge is 0.364 e. The molecule has 1 unspecified atom stereocenters. The third-order valence-electron chi connectivity index (χ3n) is 9.66. The molecular weight excluding hydrogens is 580 g/mol. The number of hydrogen-bond acceptors (Lipinski definition) is 6. The van der Waals surface area contributed by atoms with Crippen molar-refractivity contribution in [3.63, 3.8) is 0 Å². The first-order chi connectivity index (χ1) is 20.9. The van der Waals surface area contributed by atoms with Gasteiger partial charge in [-0.2, -0.15) is 15.0 Å². The number of nitrogens with one attached hydrogen (secondary N) is 1. The van der Waals surface area contributed by atoms with E-state index in [4.69, 9.17) is 10.7 Å². The second kappa shape index (κ2) is 10.8. The van der Waals surface area contributed by atoms with Crippen LogP contribution in [0, 0.1) is 23.7 Å². The SMILES string of the molecule is NC(=O)c1nn(CC2CC2)nc1[C@H](c1cn2ncc(C(NC(=O)CC3CC(F)(F)C3)C3CC3)cc2n1)C1CCC(F)(F)CC1. The van der Waals surface area contributed by atoms with Gasteiger partial charge in [0.15, 0.2) is 11.3 Å². The van der Waals surface area contributed by atoms with Crippen LogP contribution in [0.4, 0.5) is 17.6 Å². The first-order valence-corrected chi connectivity index (χ1v) is 15.6. The van der Waals surface area contributed by atoms with E-state index in [9.17, 15) is 27.2 Å². The number of carbonyl (C=O) groups is 2. The number of primary amides is 1. The van der Waals surface area contributed by atoms with Crippen LogP contribution >= 0.6 is 0 Å². The molecule has 0 saturated heterocycles. The van der Waals surface area contributed by atoms with E-state index in [1.165, 1.54) is 4.80 Å². The zero-order valence-corrected chi connectivity index (χ0v) is 24.3. The predicted octanol–water partition coefficient (Wildman–Crippen LogP) is 4.79. The maximum atomic E-state index is 14.2. The van der Waals surface area contributed by atoms with Gasteiger partial charge in [0.25, 0.3) is 5.91 Å². The Bertz CT molecular complexity index is 1560. The highest BCUT2D eigenvalue weighted by Crippen LogP contribution is 2.47. The average Bonchev–Trinajstić information content (AvgIpc) is 3.86. The third kappa shape index (κ3) is 6.16. The van der Waals surface area contributed by atoms with Crippen LogP contribution in [-0.2, 0) is 11.3 Å². The number of rotatable bonds is 11. The zero-order valence-electron chi connectivity index (χ0n) is 24.3. The number of fused-ring (bicyclic) bond motifs is 1. The molecule has 44 heavy (non-hydrogen) atoms. The molecule has 0 aromatic carbocycles. The molecule has 14 heteroatoms. The summed E-state index contributed by atoms with van der Waals surface area (Å²) in [4.78, 5) is 31.6. The van der Waals surface area contributed by atoms with Crippen LogP contribution in [0.25, 0.3) is 5.65 Å². The van der Waals surface area contributed by atoms with Gasteiger partial charge in [-0.1, -0.05) is 0 Å². The van der Waals surface area contributed by atoms with Gasteiger partial charge in [-0.15, -0.1) is 5.10 Å². The van der Waals surface area contributed by atoms with Crippen LogP contribution in [0.1, 0.15) is 110 Å². The van der Waals surface area contributed by atoms with Crippen molar-refractivity contribution < 1.29 is 27.2 Å². The van der Waals surface area contributed by atoms with Gasteiger partial charge in [0.2, 0.25) is 17.8 Å². The van der Waals surface area contributed by atoms with Crippen LogP contribution in [0.5, 0.6) is 0 Å². The number of nitrogens with zero attached hydrogens (tertiary/aromatic N) is 6. The highest BCUT2D eigenvalue weighted by Gasteiger charge is 2.46. The number of aromatic nitrogens is 6. The van der Waals surface area contributed by atoms with Crippen LogP contribution < -0.4 is 11.1 Å². The maximum Gasteiger partial charge on any atom is 0.271 e. The molecule has 3 aromatic heterocycles. The molecular formula is C30H36F4N8O2. The van der Waals surface area contributed by atoms with Crippen molar-refractivity contribution in [3.8, 4) is 0 Å². The molecule has 2 atom stereocenters. The molecule has 10 nitrogen and oxygen atoms in total. The van der Waals surface area contributed by atoms with E-state index in [-0.39, 0.29) is 80.3 Å². The fourth-order valence-corrected chi connectivity index (χ4v) is 6.92. The van der Waals surface area contributed by atoms with Gasteiger partial charge >= 0.3 is 0 Å². The molecule has 4 saturated carbocycles. The summed E-state index contributed by atoms with van der Waals surface area (Å²) in [6.07, 6.45) is 6.81. The van der Waals surface area contributed by atoms with Gasteiger partial charge in [-0.05, 0) is 73.8 Å². The summed E-state index contributed by atoms with van der Waals surface area (Å²) in [7, 11) is 0. The van der Waals surface area contributed by atoms with Gasteiger partial charge in [-0.25, -0.2) is 27.1 Å². The number of hydrogen-bond donors (Lipinski definition) is 2. The zero-order chi connectivity index (χ0) is 30.8. The van der Waals surface area contributed by atoms with Crippen molar-refractivity contribution in [2.75, 3.05) is 0 Å². The Balaban J connectivity index is 1.18. The summed E-state index contributed by atoms with van der Waals surface area (Å²) in [5.41, 5.74) is 7.89. The molecule has 4 fully saturated rings. The predicted molar refractivity (Wildman–Crippen MR) is 149 cm³/mol. The van der Waals surface area contributed by atoms with E-state index >= 15 is 0 Å². The van der Waals surface area contributed by atoms with E-state index in [1.807, 2.05) is 6.07 Å². The van der Waals surface area contributed by atoms with Crippen LogP contribution in [0.3, 0.4) is 0 Å². The molecule has 3 N–H and O–H groups in total. The van der Waals surface area contributed by atoms with Crippen molar-refractivity contribution in [2.45, 2.75) is 101 Å². The quantitative estimate of drug-likeness (QED) is 0.298. The molecule has 0 spiro atoms. The lowest BCUT2D eigenvalue weighted by atomic mass is 9.75. The van der Waals surface area contributed by atoms with Crippen molar-refractivity contribution in [3.05, 3.63) is 41.1 Å². The molecule has 4 aliphatic carbocycles. The van der Waals surface area contributed by atoms with Crippen LogP contribution in [-0.4, -0.2) is 53.3 Å². The molecule has 236 valence electrons. The number of carbonyl (C=O) groups excluding carboxylic acids is 2. The Morgan fingerprint density at radius 3 is 2.34 bits per heavy atom. The standard InChI is InChI=1S/C30H36F4N8O2/c31-29(32)7-5-18(6-8-29)24(26-27(28(35)44)40-42(39-26)14-16-1-2-16)21-15-41-22(37-21)10-20(13-36-41)25(19-3-4-19)38-23(43)9-17-11-30(33,34)12-17/h10,13,15-19,24-25H,1-9,11-12,14H2,(H2,35,44)(H,38,43)/t24-,25?/m0/s1. The molecule has 3 heterocycles. The minimum atomic E-state index is -2.74. The summed E-state index contributed by atoms with van der Waals surface area (Å²) in [5.74, 6) is -6.91. The Morgan fingerprint density at radius 1 is 0.977 bits per heavy atom. The molecule has 0 aliphatic heterocycles. The number of alkyl halides is 4. The van der Waals surface area contributed by atoms with Crippen molar-refractivity contribution in [2.24, 2.45) is 29.4 Å². The summed E-state index contributed by atoms with van der Waals surface area (Å²) in [6, 6.07) is 1.52. The van der Waals surface area contributed by atoms with E-state index in [1.54, 1.807) is 16.9 Å². The number of amides is 2. The van der Waals surface area contributed by atoms with Gasteiger partial charge in [0, 0.05) is 32.1 Å². The Kier molecular flexibility index (Phi) is 7.15. The second-order valence-electron chi connectivity index (χ2n) is 13.4. The monoisotopic (exact) mass is 616 g/mol. The lowest BCUT2D eigenvalue weighted by molar-refractivity contribution is -0.134. The highest BCUT2D eigenvalue weighted by atomic mass is 19.3. The molecule has 3 aromatic rings. The lowest BCUT2D eigenvalue weighted by Crippen LogP contribution is -2.39. The van der Waals surface area contributed by atoms with Crippen LogP contribution in [0.15, 0.2) is 18.5 Å². The summed E-state index contributed by atoms with van der Waals surface area (Å²) in [5, 5.41) is 16.7. The molecule has 4 aliphatic rings. The highest BCUT2D eigenvalue weighted by molar-refractivity contribution is 5.92. The molecule has 0 bridgehead atoms. The Hall–Kier alpha value is -3.58. The van der Waals surface area contributed by atoms with E-state index in [0.717, 1.165) is 31.2 Å². The molecule has 2 amide bonds. The lowest BCUT2D eigenvalue weighted by Gasteiger charge is -2.34. The maximum absolute atomic E-state index is 14.2. The van der Waals surface area contributed by atoms with Crippen molar-refractivity contribution in [1.82, 2.24) is 34.9 Å². The average molecular weight is 617 g/mol. The van der Waals surface area contributed by atoms with E-state index in [0.29, 0.717) is 29.5 Å². The third-order valence-corrected chi connectivity index (χ3v) is 9.66. The first kappa shape index (κ1) is 29.1. The van der Waals surface area contributed by atoms with Gasteiger partial charge in [0.05, 0.1) is 36.6 Å². The van der Waals surface area contributed by atoms with Gasteiger partial charge < -0.3 is 11.1 Å². The minimum Gasteiger partial charge on any atom is -0.364 e. The normalized spacial score (nSPS) is 23.3. The van der Waals surface area contributed by atoms with Gasteiger partial charge in [0.1, 0.15) is 5.69 Å². The van der Waals surface area contributed by atoms with Gasteiger partial charge in [-0.3, -0.25) is 9.59 Å². The van der Waals surface area contributed by atoms with E-state index < -0.39 is 23.7 Å². The summed E-state index contributed by atoms with van der Waals surface area (Å²) >= 11 is 0. The van der Waals surface area contributed by atoms with Crippen molar-refractivity contribution >= 4 is 17.5 Å². The Labute approximate surface area is 251 Å². The number of halogens is 4. The Morgan fingerprint density at radius 2 is 1.70 bits per heavy atom. The second-order valence-corrected chi connectivity index (χ2v) is 13.4. The fourth-order valence-electron chi connectivity index (χ4n) is 6.92. The summed E-state index contributed by atoms with van der Waals surface area (Å²) in [6.45, 7) is 0.559. The number of nitrogens with two attached hydrogens (primary N) is 1. The first-order valence-electron chi connectivity index (χ1n) is 15.6. The summed E-state index contributed by atoms with van der Waals surface area (Å²) < 4.78 is 56.5. The fraction of sp³-hybridized carbons (Fsp3) is 0.667. The van der Waals surface area contributed by atoms with Crippen LogP contribution in [0.2, 0.25) is 0 Å². The molecule has 7 rings (SSSR count). The number of imidazole rings is 1.